The van der Waals surface area contributed by atoms with Crippen LogP contribution in [0.25, 0.3) is 0 Å². The molecule has 3 aliphatic heterocycles. The number of aliphatic hydroxyl groups is 1. The van der Waals surface area contributed by atoms with Crippen LogP contribution < -0.4 is 15.0 Å². The van der Waals surface area contributed by atoms with Crippen molar-refractivity contribution in [3.05, 3.63) is 35.9 Å². The fourth-order valence-electron chi connectivity index (χ4n) is 8.43. The number of likely N-dealkylation sites (N-methyl/N-ethyl adjacent to an activating group) is 1. The maximum Gasteiger partial charge on any atom is 0.303 e. The van der Waals surface area contributed by atoms with Crippen LogP contribution in [0.3, 0.4) is 0 Å². The smallest absolute Gasteiger partial charge is 0.303 e. The minimum absolute atomic E-state index is 0.00987. The molecule has 1 aliphatic carbocycles. The van der Waals surface area contributed by atoms with Gasteiger partial charge in [-0.2, -0.15) is 0 Å². The van der Waals surface area contributed by atoms with Crippen LogP contribution in [0, 0.1) is 10.8 Å². The van der Waals surface area contributed by atoms with E-state index in [2.05, 4.69) is 40.3 Å². The molecule has 1 aromatic carbocycles. The van der Waals surface area contributed by atoms with Crippen LogP contribution >= 0.6 is 0 Å². The molecule has 1 spiro atoms. The molecule has 1 amide bonds. The number of nitrogens with zero attached hydrogens (tertiary/aromatic N) is 2. The summed E-state index contributed by atoms with van der Waals surface area (Å²) in [5, 5.41) is 16.1. The number of rotatable bonds is 6. The number of anilines is 1. The van der Waals surface area contributed by atoms with Gasteiger partial charge in [0, 0.05) is 55.6 Å². The van der Waals surface area contributed by atoms with Gasteiger partial charge >= 0.3 is 5.97 Å². The van der Waals surface area contributed by atoms with Crippen molar-refractivity contribution in [1.29, 1.82) is 0 Å². The van der Waals surface area contributed by atoms with Crippen LogP contribution in [-0.2, 0) is 19.7 Å². The highest BCUT2D eigenvalue weighted by Gasteiger charge is 2.77. The monoisotopic (exact) mass is 525 g/mol. The lowest BCUT2D eigenvalue weighted by Crippen LogP contribution is -2.81. The normalized spacial score (nSPS) is 35.4. The summed E-state index contributed by atoms with van der Waals surface area (Å²) in [5.41, 5.74) is -0.587. The number of carbonyl (C=O) groups is 2. The zero-order valence-electron chi connectivity index (χ0n) is 23.8. The van der Waals surface area contributed by atoms with Crippen molar-refractivity contribution >= 4 is 17.6 Å². The zero-order chi connectivity index (χ0) is 27.7. The van der Waals surface area contributed by atoms with Gasteiger partial charge in [-0.05, 0) is 36.4 Å². The Bertz CT molecular complexity index is 1160. The molecule has 8 nitrogen and oxygen atoms in total. The molecule has 0 radical (unpaired) electrons. The van der Waals surface area contributed by atoms with E-state index >= 15 is 0 Å². The van der Waals surface area contributed by atoms with Crippen LogP contribution in [0.5, 0.6) is 5.75 Å². The molecule has 208 valence electrons. The first kappa shape index (κ1) is 27.0. The molecule has 3 heterocycles. The van der Waals surface area contributed by atoms with Gasteiger partial charge in [-0.3, -0.25) is 14.5 Å². The van der Waals surface area contributed by atoms with Crippen LogP contribution in [0.4, 0.5) is 5.69 Å². The predicted octanol–water partition coefficient (Wildman–Crippen LogP) is 3.02. The van der Waals surface area contributed by atoms with E-state index in [9.17, 15) is 14.7 Å². The number of fused-ring (bicyclic) bond motifs is 1. The zero-order valence-corrected chi connectivity index (χ0v) is 23.8. The number of esters is 1. The van der Waals surface area contributed by atoms with Crippen LogP contribution in [-0.4, -0.2) is 79.5 Å². The van der Waals surface area contributed by atoms with Gasteiger partial charge in [0.25, 0.3) is 0 Å². The summed E-state index contributed by atoms with van der Waals surface area (Å²) in [4.78, 5) is 30.3. The first-order chi connectivity index (χ1) is 17.8. The van der Waals surface area contributed by atoms with Gasteiger partial charge in [0.2, 0.25) is 5.91 Å². The number of amides is 1. The van der Waals surface area contributed by atoms with Crippen molar-refractivity contribution in [3.63, 3.8) is 0 Å². The Balaban J connectivity index is 1.72. The summed E-state index contributed by atoms with van der Waals surface area (Å²) < 4.78 is 11.7. The molecule has 5 rings (SSSR count). The molecule has 4 aliphatic rings. The number of methoxy groups -OCH3 is 1. The molecule has 0 aromatic heterocycles. The Morgan fingerprint density at radius 2 is 1.97 bits per heavy atom. The molecule has 0 unspecified atom stereocenters. The van der Waals surface area contributed by atoms with Gasteiger partial charge in [-0.25, -0.2) is 0 Å². The Morgan fingerprint density at radius 3 is 2.61 bits per heavy atom. The predicted molar refractivity (Wildman–Crippen MR) is 146 cm³/mol. The largest absolute Gasteiger partial charge is 0.497 e. The van der Waals surface area contributed by atoms with E-state index < -0.39 is 34.5 Å². The average Bonchev–Trinajstić information content (AvgIpc) is 3.36. The minimum atomic E-state index is -1.55. The first-order valence-corrected chi connectivity index (χ1v) is 13.8. The van der Waals surface area contributed by atoms with Gasteiger partial charge in [-0.1, -0.05) is 45.9 Å². The summed E-state index contributed by atoms with van der Waals surface area (Å²) >= 11 is 0. The Hall–Kier alpha value is -2.58. The second-order valence-corrected chi connectivity index (χ2v) is 12.9. The van der Waals surface area contributed by atoms with Crippen LogP contribution in [0.2, 0.25) is 0 Å². The van der Waals surface area contributed by atoms with E-state index in [0.29, 0.717) is 12.8 Å². The van der Waals surface area contributed by atoms with E-state index in [-0.39, 0.29) is 23.9 Å². The molecule has 8 heteroatoms. The minimum Gasteiger partial charge on any atom is -0.497 e. The number of benzene rings is 1. The molecule has 1 saturated heterocycles. The number of hydrogen-bond donors (Lipinski definition) is 2. The van der Waals surface area contributed by atoms with Gasteiger partial charge < -0.3 is 24.8 Å². The third-order valence-electron chi connectivity index (χ3n) is 9.48. The summed E-state index contributed by atoms with van der Waals surface area (Å²) in [6.07, 6.45) is 5.38. The van der Waals surface area contributed by atoms with Gasteiger partial charge in [0.15, 0.2) is 0 Å². The van der Waals surface area contributed by atoms with Crippen LogP contribution in [0.1, 0.15) is 59.4 Å². The fraction of sp³-hybridized carbons (Fsp3) is 0.667. The van der Waals surface area contributed by atoms with Crippen molar-refractivity contribution in [2.45, 2.75) is 83.1 Å². The third-order valence-corrected chi connectivity index (χ3v) is 9.48. The SMILES string of the molecule is CC[C@]12C=CCN3CC[C@@]4(c5ccc(OC)cc5N(C)[C@H]4[C@@](O)(CNC(=O)CC(C)(C)C)[C@@H]1OC(C)=O)[C@@H]32. The summed E-state index contributed by atoms with van der Waals surface area (Å²) in [7, 11) is 3.66. The summed E-state index contributed by atoms with van der Waals surface area (Å²) in [6, 6.07) is 5.80. The molecule has 2 N–H and O–H groups in total. The Morgan fingerprint density at radius 1 is 1.24 bits per heavy atom. The molecule has 1 saturated carbocycles. The molecule has 6 atom stereocenters. The van der Waals surface area contributed by atoms with Crippen molar-refractivity contribution in [2.75, 3.05) is 38.7 Å². The Kier molecular flexibility index (Phi) is 6.38. The highest BCUT2D eigenvalue weighted by Crippen LogP contribution is 2.67. The second kappa shape index (κ2) is 8.98. The van der Waals surface area contributed by atoms with Gasteiger partial charge in [0.1, 0.15) is 17.5 Å². The number of carbonyl (C=O) groups excluding carboxylic acids is 2. The van der Waals surface area contributed by atoms with E-state index in [1.807, 2.05) is 40.0 Å². The standard InChI is InChI=1S/C30H43N3O5/c1-8-28-12-9-14-33-15-13-29(24(28)33)21-11-10-20(37-7)16-22(21)32(6)25(29)30(36,26(28)38-19(2)34)18-31-23(35)17-27(3,4)5/h9-12,16,24-26,36H,8,13-15,17-18H2,1-7H3,(H,31,35)/t24-,25+,26+,28+,29+,30-/m0/s1. The molecule has 38 heavy (non-hydrogen) atoms. The van der Waals surface area contributed by atoms with Gasteiger partial charge in [0.05, 0.1) is 19.7 Å². The quantitative estimate of drug-likeness (QED) is 0.436. The molecular formula is C30H43N3O5. The maximum absolute atomic E-state index is 13.1. The Labute approximate surface area is 226 Å². The molecule has 0 bridgehead atoms. The third kappa shape index (κ3) is 3.70. The van der Waals surface area contributed by atoms with Crippen LogP contribution in [0.15, 0.2) is 30.4 Å². The van der Waals surface area contributed by atoms with Crippen molar-refractivity contribution in [3.8, 4) is 5.75 Å². The van der Waals surface area contributed by atoms with Crippen molar-refractivity contribution in [2.24, 2.45) is 10.8 Å². The van der Waals surface area contributed by atoms with Gasteiger partial charge in [-0.15, -0.1) is 0 Å². The van der Waals surface area contributed by atoms with Crippen molar-refractivity contribution in [1.82, 2.24) is 10.2 Å². The lowest BCUT2D eigenvalue weighted by Gasteiger charge is -2.64. The average molecular weight is 526 g/mol. The molecular weight excluding hydrogens is 482 g/mol. The first-order valence-electron chi connectivity index (χ1n) is 13.8. The maximum atomic E-state index is 13.1. The highest BCUT2D eigenvalue weighted by atomic mass is 16.6. The number of ether oxygens (including phenoxy) is 2. The summed E-state index contributed by atoms with van der Waals surface area (Å²) in [6.45, 7) is 11.3. The highest BCUT2D eigenvalue weighted by molar-refractivity contribution is 5.77. The van der Waals surface area contributed by atoms with E-state index in [1.165, 1.54) is 12.5 Å². The number of nitrogens with one attached hydrogen (secondary N) is 1. The topological polar surface area (TPSA) is 91.3 Å². The second-order valence-electron chi connectivity index (χ2n) is 12.9. The summed E-state index contributed by atoms with van der Waals surface area (Å²) in [5.74, 6) is 0.198. The van der Waals surface area contributed by atoms with E-state index in [0.717, 1.165) is 30.9 Å². The lowest BCUT2D eigenvalue weighted by atomic mass is 9.47. The number of hydrogen-bond acceptors (Lipinski definition) is 7. The molecule has 1 aromatic rings. The van der Waals surface area contributed by atoms with E-state index in [1.54, 1.807) is 7.11 Å². The van der Waals surface area contributed by atoms with E-state index in [4.69, 9.17) is 9.47 Å². The fourth-order valence-corrected chi connectivity index (χ4v) is 8.43. The van der Waals surface area contributed by atoms with Crippen molar-refractivity contribution < 1.29 is 24.2 Å². The molecule has 2 fully saturated rings. The lowest BCUT2D eigenvalue weighted by molar-refractivity contribution is -0.217.